The molecule has 0 bridgehead atoms. The number of rotatable bonds is 4. The number of hydrogen-bond donors (Lipinski definition) is 0. The minimum absolute atomic E-state index is 0.197. The topological polar surface area (TPSA) is 77.3 Å². The van der Waals surface area contributed by atoms with Crippen LogP contribution in [0.5, 0.6) is 0 Å². The zero-order chi connectivity index (χ0) is 13.4. The van der Waals surface area contributed by atoms with Crippen LogP contribution in [0.15, 0.2) is 10.2 Å². The quantitative estimate of drug-likeness (QED) is 0.574. The summed E-state index contributed by atoms with van der Waals surface area (Å²) in [7, 11) is -1.67. The summed E-state index contributed by atoms with van der Waals surface area (Å²) in [5, 5.41) is 6.27. The summed E-state index contributed by atoms with van der Waals surface area (Å²) in [4.78, 5) is 22.1. The Morgan fingerprint density at radius 1 is 1.06 bits per heavy atom. The second-order valence-corrected chi connectivity index (χ2v) is 8.07. The molecule has 0 aliphatic carbocycles. The molecule has 7 heteroatoms. The zero-order valence-corrected chi connectivity index (χ0v) is 12.1. The Kier molecular flexibility index (Phi) is 7.36. The fraction of sp³-hybridized carbons (Fsp3) is 0.800. The highest BCUT2D eigenvalue weighted by atomic mass is 28.3. The molecule has 0 aliphatic rings. The second-order valence-electron chi connectivity index (χ2n) is 4.24. The summed E-state index contributed by atoms with van der Waals surface area (Å²) >= 11 is 0. The van der Waals surface area contributed by atoms with Crippen molar-refractivity contribution in [1.29, 1.82) is 0 Å². The van der Waals surface area contributed by atoms with Crippen molar-refractivity contribution in [3.63, 3.8) is 0 Å². The van der Waals surface area contributed by atoms with Gasteiger partial charge in [-0.3, -0.25) is 0 Å². The molecule has 0 aromatic heterocycles. The van der Waals surface area contributed by atoms with Gasteiger partial charge in [0.1, 0.15) is 0 Å². The number of azo groups is 1. The van der Waals surface area contributed by atoms with Gasteiger partial charge in [0.05, 0.1) is 6.61 Å². The van der Waals surface area contributed by atoms with E-state index in [1.165, 1.54) is 0 Å². The standard InChI is InChI=1S/C10H20N2O4Si/c1-6-15-9(13)11-12-10(14)16-17(7(2)3)8(4)5/h7-8,17H,6H2,1-5H3. The van der Waals surface area contributed by atoms with Gasteiger partial charge < -0.3 is 9.16 Å². The number of ether oxygens (including phenoxy) is 1. The summed E-state index contributed by atoms with van der Waals surface area (Å²) in [5.74, 6) is 0. The van der Waals surface area contributed by atoms with Crippen LogP contribution in [0.3, 0.4) is 0 Å². The lowest BCUT2D eigenvalue weighted by Crippen LogP contribution is -2.27. The van der Waals surface area contributed by atoms with E-state index in [4.69, 9.17) is 4.43 Å². The highest BCUT2D eigenvalue weighted by Gasteiger charge is 2.24. The van der Waals surface area contributed by atoms with Crippen LogP contribution < -0.4 is 0 Å². The van der Waals surface area contributed by atoms with Gasteiger partial charge in [-0.25, -0.2) is 9.59 Å². The Bertz CT molecular complexity index is 284. The monoisotopic (exact) mass is 260 g/mol. The van der Waals surface area contributed by atoms with Crippen molar-refractivity contribution >= 4 is 21.2 Å². The van der Waals surface area contributed by atoms with E-state index in [1.807, 2.05) is 27.7 Å². The average Bonchev–Trinajstić information content (AvgIpc) is 2.22. The third kappa shape index (κ3) is 6.83. The summed E-state index contributed by atoms with van der Waals surface area (Å²) in [6.45, 7) is 9.87. The summed E-state index contributed by atoms with van der Waals surface area (Å²) in [5.41, 5.74) is 0.633. The van der Waals surface area contributed by atoms with E-state index in [1.54, 1.807) is 6.92 Å². The Morgan fingerprint density at radius 3 is 1.94 bits per heavy atom. The molecular weight excluding hydrogens is 240 g/mol. The maximum Gasteiger partial charge on any atom is 0.452 e. The van der Waals surface area contributed by atoms with Crippen LogP contribution in [-0.4, -0.2) is 27.8 Å². The average molecular weight is 260 g/mol. The molecule has 0 heterocycles. The van der Waals surface area contributed by atoms with Crippen molar-refractivity contribution in [1.82, 2.24) is 0 Å². The molecular formula is C10H20N2O4Si. The van der Waals surface area contributed by atoms with Crippen LogP contribution in [0, 0.1) is 0 Å². The Balaban J connectivity index is 4.29. The van der Waals surface area contributed by atoms with Crippen molar-refractivity contribution in [2.24, 2.45) is 10.2 Å². The number of carbonyl (C=O) groups is 2. The first kappa shape index (κ1) is 15.8. The first-order valence-electron chi connectivity index (χ1n) is 5.67. The molecule has 0 atom stereocenters. The van der Waals surface area contributed by atoms with Gasteiger partial charge in [0, 0.05) is 0 Å². The van der Waals surface area contributed by atoms with Crippen LogP contribution in [0.25, 0.3) is 0 Å². The molecule has 0 saturated carbocycles. The molecule has 0 aliphatic heterocycles. The minimum atomic E-state index is -1.67. The molecule has 0 N–H and O–H groups in total. The fourth-order valence-corrected chi connectivity index (χ4v) is 3.78. The number of nitrogens with zero attached hydrogens (tertiary/aromatic N) is 2. The van der Waals surface area contributed by atoms with Gasteiger partial charge in [0.15, 0.2) is 0 Å². The Labute approximate surface area is 103 Å². The second kappa shape index (κ2) is 7.94. The van der Waals surface area contributed by atoms with Gasteiger partial charge >= 0.3 is 12.2 Å². The Morgan fingerprint density at radius 2 is 1.53 bits per heavy atom. The van der Waals surface area contributed by atoms with E-state index in [9.17, 15) is 9.59 Å². The summed E-state index contributed by atoms with van der Waals surface area (Å²) in [6.07, 6.45) is -1.69. The van der Waals surface area contributed by atoms with E-state index >= 15 is 0 Å². The molecule has 0 rings (SSSR count). The fourth-order valence-electron chi connectivity index (χ4n) is 1.42. The SMILES string of the molecule is CCOC(=O)N=NC(=O)O[SiH](C(C)C)C(C)C. The maximum absolute atomic E-state index is 11.3. The van der Waals surface area contributed by atoms with Gasteiger partial charge in [-0.15, -0.1) is 0 Å². The van der Waals surface area contributed by atoms with Gasteiger partial charge in [-0.1, -0.05) is 37.9 Å². The molecule has 6 nitrogen and oxygen atoms in total. The molecule has 2 amide bonds. The zero-order valence-electron chi connectivity index (χ0n) is 11.0. The highest BCUT2D eigenvalue weighted by Crippen LogP contribution is 2.21. The van der Waals surface area contributed by atoms with Crippen LogP contribution in [0.1, 0.15) is 34.6 Å². The van der Waals surface area contributed by atoms with Gasteiger partial charge in [0.2, 0.25) is 9.04 Å². The number of carbonyl (C=O) groups excluding carboxylic acids is 2. The van der Waals surface area contributed by atoms with E-state index in [2.05, 4.69) is 15.0 Å². The number of amides is 2. The van der Waals surface area contributed by atoms with Crippen molar-refractivity contribution in [2.75, 3.05) is 6.61 Å². The van der Waals surface area contributed by atoms with Crippen molar-refractivity contribution in [3.05, 3.63) is 0 Å². The van der Waals surface area contributed by atoms with Crippen LogP contribution in [0.4, 0.5) is 9.59 Å². The molecule has 0 saturated heterocycles. The van der Waals surface area contributed by atoms with Gasteiger partial charge in [-0.05, 0) is 18.0 Å². The van der Waals surface area contributed by atoms with Gasteiger partial charge in [0.25, 0.3) is 0 Å². The molecule has 0 spiro atoms. The van der Waals surface area contributed by atoms with E-state index in [0.717, 1.165) is 0 Å². The molecule has 0 aromatic carbocycles. The van der Waals surface area contributed by atoms with E-state index in [-0.39, 0.29) is 6.61 Å². The van der Waals surface area contributed by atoms with Crippen LogP contribution >= 0.6 is 0 Å². The lowest BCUT2D eigenvalue weighted by Gasteiger charge is -2.21. The molecule has 0 unspecified atom stereocenters. The Hall–Kier alpha value is -1.24. The molecule has 98 valence electrons. The summed E-state index contributed by atoms with van der Waals surface area (Å²) in [6, 6.07) is 0. The van der Waals surface area contributed by atoms with E-state index < -0.39 is 21.2 Å². The lowest BCUT2D eigenvalue weighted by atomic mass is 10.5. The lowest BCUT2D eigenvalue weighted by molar-refractivity contribution is 0.160. The van der Waals surface area contributed by atoms with Crippen LogP contribution in [0.2, 0.25) is 11.1 Å². The summed E-state index contributed by atoms with van der Waals surface area (Å²) < 4.78 is 9.73. The first-order chi connectivity index (χ1) is 7.88. The third-order valence-electron chi connectivity index (χ3n) is 2.03. The van der Waals surface area contributed by atoms with Crippen molar-refractivity contribution in [3.8, 4) is 0 Å². The van der Waals surface area contributed by atoms with E-state index in [0.29, 0.717) is 11.1 Å². The smallest absolute Gasteiger partial charge is 0.452 e. The largest absolute Gasteiger partial charge is 0.503 e. The van der Waals surface area contributed by atoms with Crippen LogP contribution in [-0.2, 0) is 9.16 Å². The molecule has 0 fully saturated rings. The molecule has 0 aromatic rings. The molecule has 0 radical (unpaired) electrons. The molecule has 17 heavy (non-hydrogen) atoms. The van der Waals surface area contributed by atoms with Crippen molar-refractivity contribution < 1.29 is 18.8 Å². The predicted molar refractivity (Wildman–Crippen MR) is 65.7 cm³/mol. The van der Waals surface area contributed by atoms with Gasteiger partial charge in [-0.2, -0.15) is 0 Å². The normalized spacial score (nSPS) is 11.5. The number of hydrogen-bond acceptors (Lipinski definition) is 4. The maximum atomic E-state index is 11.3. The minimum Gasteiger partial charge on any atom is -0.503 e. The van der Waals surface area contributed by atoms with Crippen molar-refractivity contribution in [2.45, 2.75) is 45.7 Å². The predicted octanol–water partition coefficient (Wildman–Crippen LogP) is 3.28. The highest BCUT2D eigenvalue weighted by molar-refractivity contribution is 6.56. The third-order valence-corrected chi connectivity index (χ3v) is 5.13. The first-order valence-corrected chi connectivity index (χ1v) is 7.48.